The van der Waals surface area contributed by atoms with Crippen molar-refractivity contribution in [2.75, 3.05) is 31.2 Å². The van der Waals surface area contributed by atoms with Crippen LogP contribution in [0.5, 0.6) is 5.75 Å². The number of halogens is 3. The van der Waals surface area contributed by atoms with Crippen molar-refractivity contribution in [1.29, 1.82) is 0 Å². The lowest BCUT2D eigenvalue weighted by Gasteiger charge is -2.30. The molecule has 5 nitrogen and oxygen atoms in total. The fourth-order valence-corrected chi connectivity index (χ4v) is 3.98. The fourth-order valence-electron chi connectivity index (χ4n) is 3.08. The Bertz CT molecular complexity index is 1020. The standard InChI is InChI=1S/C19H15F3N2O3S/c20-15-14(11(25)9-13-23-10-3-1-2-4-12(10)28-13)19(26)17(22)18(16(15)21)24-5-7-27-8-6-24/h1-4,9,25-26H,5-8H2/b11-9-. The molecule has 0 amide bonds. The van der Waals surface area contributed by atoms with Gasteiger partial charge in [-0.1, -0.05) is 12.1 Å². The van der Waals surface area contributed by atoms with Gasteiger partial charge in [0.25, 0.3) is 0 Å². The van der Waals surface area contributed by atoms with Gasteiger partial charge in [0.15, 0.2) is 23.2 Å². The van der Waals surface area contributed by atoms with E-state index in [4.69, 9.17) is 4.74 Å². The molecule has 1 fully saturated rings. The molecule has 4 rings (SSSR count). The molecule has 0 radical (unpaired) electrons. The molecule has 146 valence electrons. The van der Waals surface area contributed by atoms with Crippen LogP contribution >= 0.6 is 11.3 Å². The normalized spacial score (nSPS) is 15.4. The first kappa shape index (κ1) is 18.6. The summed E-state index contributed by atoms with van der Waals surface area (Å²) in [6.45, 7) is 0.761. The van der Waals surface area contributed by atoms with Crippen LogP contribution in [0.2, 0.25) is 0 Å². The Morgan fingerprint density at radius 1 is 1.11 bits per heavy atom. The zero-order valence-electron chi connectivity index (χ0n) is 14.5. The summed E-state index contributed by atoms with van der Waals surface area (Å²) in [4.78, 5) is 5.50. The lowest BCUT2D eigenvalue weighted by Crippen LogP contribution is -2.37. The van der Waals surface area contributed by atoms with Gasteiger partial charge >= 0.3 is 0 Å². The predicted molar refractivity (Wildman–Crippen MR) is 101 cm³/mol. The van der Waals surface area contributed by atoms with Crippen molar-refractivity contribution in [3.05, 3.63) is 52.3 Å². The van der Waals surface area contributed by atoms with Crippen LogP contribution in [0.1, 0.15) is 10.6 Å². The molecule has 0 bridgehead atoms. The van der Waals surface area contributed by atoms with Crippen LogP contribution in [-0.2, 0) is 4.74 Å². The minimum absolute atomic E-state index is 0.152. The van der Waals surface area contributed by atoms with E-state index in [1.807, 2.05) is 12.1 Å². The van der Waals surface area contributed by atoms with E-state index in [1.54, 1.807) is 12.1 Å². The molecule has 9 heteroatoms. The number of nitrogens with zero attached hydrogens (tertiary/aromatic N) is 2. The first-order valence-corrected chi connectivity index (χ1v) is 9.27. The molecule has 0 aliphatic carbocycles. The van der Waals surface area contributed by atoms with Crippen LogP contribution in [0, 0.1) is 17.5 Å². The molecule has 28 heavy (non-hydrogen) atoms. The molecule has 1 aliphatic heterocycles. The summed E-state index contributed by atoms with van der Waals surface area (Å²) in [5.41, 5.74) is -0.947. The molecule has 2 heterocycles. The summed E-state index contributed by atoms with van der Waals surface area (Å²) in [5, 5.41) is 20.7. The van der Waals surface area contributed by atoms with Crippen molar-refractivity contribution in [2.24, 2.45) is 0 Å². The van der Waals surface area contributed by atoms with Crippen molar-refractivity contribution >= 4 is 39.1 Å². The largest absolute Gasteiger partial charge is 0.507 e. The molecule has 1 aromatic heterocycles. The van der Waals surface area contributed by atoms with Crippen molar-refractivity contribution in [3.63, 3.8) is 0 Å². The number of hydrogen-bond donors (Lipinski definition) is 2. The highest BCUT2D eigenvalue weighted by Crippen LogP contribution is 2.39. The van der Waals surface area contributed by atoms with E-state index in [2.05, 4.69) is 4.98 Å². The summed E-state index contributed by atoms with van der Waals surface area (Å²) < 4.78 is 49.8. The fraction of sp³-hybridized carbons (Fsp3) is 0.211. The second-order valence-electron chi connectivity index (χ2n) is 6.16. The van der Waals surface area contributed by atoms with E-state index >= 15 is 0 Å². The number of fused-ring (bicyclic) bond motifs is 1. The van der Waals surface area contributed by atoms with Crippen molar-refractivity contribution in [1.82, 2.24) is 4.98 Å². The quantitative estimate of drug-likeness (QED) is 0.499. The summed E-state index contributed by atoms with van der Waals surface area (Å²) >= 11 is 1.21. The Balaban J connectivity index is 1.78. The second kappa shape index (κ2) is 7.33. The third-order valence-corrected chi connectivity index (χ3v) is 5.41. The molecule has 0 saturated carbocycles. The third-order valence-electron chi connectivity index (χ3n) is 4.43. The van der Waals surface area contributed by atoms with Gasteiger partial charge in [0.2, 0.25) is 0 Å². The van der Waals surface area contributed by atoms with Crippen molar-refractivity contribution < 1.29 is 28.1 Å². The average Bonchev–Trinajstić information content (AvgIpc) is 3.10. The van der Waals surface area contributed by atoms with Crippen LogP contribution < -0.4 is 4.90 Å². The highest BCUT2D eigenvalue weighted by Gasteiger charge is 2.30. The number of benzene rings is 2. The Morgan fingerprint density at radius 3 is 2.54 bits per heavy atom. The van der Waals surface area contributed by atoms with Gasteiger partial charge in [0.1, 0.15) is 22.0 Å². The monoisotopic (exact) mass is 408 g/mol. The van der Waals surface area contributed by atoms with Crippen molar-refractivity contribution in [3.8, 4) is 5.75 Å². The van der Waals surface area contributed by atoms with Gasteiger partial charge in [-0.05, 0) is 12.1 Å². The smallest absolute Gasteiger partial charge is 0.192 e. The highest BCUT2D eigenvalue weighted by molar-refractivity contribution is 7.19. The number of aromatic nitrogens is 1. The van der Waals surface area contributed by atoms with E-state index in [9.17, 15) is 23.4 Å². The number of para-hydroxylation sites is 1. The number of morpholine rings is 1. The zero-order valence-corrected chi connectivity index (χ0v) is 15.3. The number of phenolic OH excluding ortho intramolecular Hbond substituents is 1. The summed E-state index contributed by atoms with van der Waals surface area (Å²) in [6, 6.07) is 7.18. The number of hydrogen-bond acceptors (Lipinski definition) is 6. The Labute approximate surface area is 161 Å². The number of aromatic hydroxyl groups is 1. The highest BCUT2D eigenvalue weighted by atomic mass is 32.1. The van der Waals surface area contributed by atoms with Crippen LogP contribution in [0.25, 0.3) is 22.1 Å². The summed E-state index contributed by atoms with van der Waals surface area (Å²) in [7, 11) is 0. The number of phenols is 1. The van der Waals surface area contributed by atoms with Gasteiger partial charge in [0, 0.05) is 19.2 Å². The topological polar surface area (TPSA) is 65.8 Å². The predicted octanol–water partition coefficient (Wildman–Crippen LogP) is 4.31. The average molecular weight is 408 g/mol. The Morgan fingerprint density at radius 2 is 1.82 bits per heavy atom. The molecule has 1 saturated heterocycles. The van der Waals surface area contributed by atoms with Crippen LogP contribution in [-0.4, -0.2) is 41.5 Å². The molecule has 2 aromatic carbocycles. The van der Waals surface area contributed by atoms with Gasteiger partial charge in [-0.15, -0.1) is 11.3 Å². The van der Waals surface area contributed by atoms with E-state index in [-0.39, 0.29) is 26.3 Å². The lowest BCUT2D eigenvalue weighted by atomic mass is 10.1. The van der Waals surface area contributed by atoms with Gasteiger partial charge in [-0.3, -0.25) is 0 Å². The van der Waals surface area contributed by atoms with E-state index < -0.39 is 40.2 Å². The van der Waals surface area contributed by atoms with Gasteiger partial charge in [-0.2, -0.15) is 0 Å². The van der Waals surface area contributed by atoms with Crippen molar-refractivity contribution in [2.45, 2.75) is 0 Å². The SMILES string of the molecule is O/C(=C\c1nc2ccccc2s1)c1c(O)c(F)c(N2CCOCC2)c(F)c1F. The Hall–Kier alpha value is -2.78. The minimum Gasteiger partial charge on any atom is -0.507 e. The molecule has 2 N–H and O–H groups in total. The summed E-state index contributed by atoms with van der Waals surface area (Å²) in [5.74, 6) is -6.32. The van der Waals surface area contributed by atoms with Gasteiger partial charge in [-0.25, -0.2) is 18.2 Å². The molecular weight excluding hydrogens is 393 g/mol. The number of aliphatic hydroxyl groups excluding tert-OH is 1. The molecule has 0 unspecified atom stereocenters. The molecule has 0 spiro atoms. The Kier molecular flexibility index (Phi) is 4.86. The maximum Gasteiger partial charge on any atom is 0.192 e. The summed E-state index contributed by atoms with van der Waals surface area (Å²) in [6.07, 6.45) is 1.07. The zero-order chi connectivity index (χ0) is 19.8. The van der Waals surface area contributed by atoms with E-state index in [1.165, 1.54) is 16.2 Å². The van der Waals surface area contributed by atoms with Gasteiger partial charge < -0.3 is 19.8 Å². The third kappa shape index (κ3) is 3.16. The number of anilines is 1. The molecule has 3 aromatic rings. The first-order valence-electron chi connectivity index (χ1n) is 8.46. The van der Waals surface area contributed by atoms with Crippen LogP contribution in [0.15, 0.2) is 24.3 Å². The minimum atomic E-state index is -1.53. The number of rotatable bonds is 3. The lowest BCUT2D eigenvalue weighted by molar-refractivity contribution is 0.122. The molecular formula is C19H15F3N2O3S. The van der Waals surface area contributed by atoms with Crippen LogP contribution in [0.3, 0.4) is 0 Å². The van der Waals surface area contributed by atoms with E-state index in [0.717, 1.165) is 10.8 Å². The first-order chi connectivity index (χ1) is 13.5. The number of ether oxygens (including phenoxy) is 1. The maximum absolute atomic E-state index is 14.7. The van der Waals surface area contributed by atoms with Gasteiger partial charge in [0.05, 0.1) is 23.4 Å². The maximum atomic E-state index is 14.7. The van der Waals surface area contributed by atoms with Crippen LogP contribution in [0.4, 0.5) is 18.9 Å². The number of thiazole rings is 1. The second-order valence-corrected chi connectivity index (χ2v) is 7.23. The molecule has 0 atom stereocenters. The molecule has 1 aliphatic rings. The van der Waals surface area contributed by atoms with E-state index in [0.29, 0.717) is 10.5 Å². The number of aliphatic hydroxyl groups is 1.